The third-order valence-corrected chi connectivity index (χ3v) is 3.71. The summed E-state index contributed by atoms with van der Waals surface area (Å²) in [6.07, 6.45) is 0. The molecule has 0 aliphatic carbocycles. The Kier molecular flexibility index (Phi) is 3.87. The average molecular weight is 266 g/mol. The molecule has 5 heteroatoms. The van der Waals surface area contributed by atoms with Gasteiger partial charge in [-0.3, -0.25) is 4.79 Å². The van der Waals surface area contributed by atoms with Gasteiger partial charge in [-0.05, 0) is 38.1 Å². The number of carbonyl (C=O) groups is 1. The molecule has 2 N–H and O–H groups in total. The van der Waals surface area contributed by atoms with Gasteiger partial charge >= 0.3 is 0 Å². The fourth-order valence-electron chi connectivity index (χ4n) is 2.28. The normalized spacial score (nSPS) is 26.4. The first-order valence-electron chi connectivity index (χ1n) is 6.40. The summed E-state index contributed by atoms with van der Waals surface area (Å²) in [5.74, 6) is -0.397. The summed E-state index contributed by atoms with van der Waals surface area (Å²) in [4.78, 5) is 14.3. The Balaban J connectivity index is 2.27. The van der Waals surface area contributed by atoms with Gasteiger partial charge in [-0.15, -0.1) is 0 Å². The molecule has 1 saturated heterocycles. The Hall–Kier alpha value is -1.46. The number of hydrogen-bond acceptors (Lipinski definition) is 3. The molecule has 1 fully saturated rings. The molecule has 2 atom stereocenters. The zero-order valence-electron chi connectivity index (χ0n) is 11.2. The maximum absolute atomic E-state index is 13.0. The summed E-state index contributed by atoms with van der Waals surface area (Å²) in [7, 11) is 0. The average Bonchev–Trinajstić information content (AvgIpc) is 2.74. The van der Waals surface area contributed by atoms with Gasteiger partial charge in [-0.25, -0.2) is 4.39 Å². The van der Waals surface area contributed by atoms with Crippen molar-refractivity contribution < 1.29 is 13.9 Å². The van der Waals surface area contributed by atoms with E-state index in [4.69, 9.17) is 10.5 Å². The number of amides is 1. The lowest BCUT2D eigenvalue weighted by Crippen LogP contribution is -2.51. The van der Waals surface area contributed by atoms with Crippen LogP contribution in [0.25, 0.3) is 0 Å². The van der Waals surface area contributed by atoms with Crippen LogP contribution in [0.3, 0.4) is 0 Å². The second-order valence-electron chi connectivity index (χ2n) is 5.06. The van der Waals surface area contributed by atoms with Gasteiger partial charge in [-0.1, -0.05) is 0 Å². The zero-order valence-corrected chi connectivity index (χ0v) is 11.2. The monoisotopic (exact) mass is 266 g/mol. The van der Waals surface area contributed by atoms with Crippen LogP contribution < -0.4 is 10.6 Å². The van der Waals surface area contributed by atoms with Crippen molar-refractivity contribution in [2.24, 2.45) is 11.1 Å². The van der Waals surface area contributed by atoms with Gasteiger partial charge in [0.15, 0.2) is 0 Å². The molecular weight excluding hydrogens is 247 g/mol. The lowest BCUT2D eigenvalue weighted by molar-refractivity contribution is -0.127. The maximum atomic E-state index is 13.0. The zero-order chi connectivity index (χ0) is 14.0. The van der Waals surface area contributed by atoms with Crippen molar-refractivity contribution in [3.63, 3.8) is 0 Å². The minimum absolute atomic E-state index is 0.0772. The fraction of sp³-hybridized carbons (Fsp3) is 0.500. The second-order valence-corrected chi connectivity index (χ2v) is 5.06. The largest absolute Gasteiger partial charge is 0.379 e. The van der Waals surface area contributed by atoms with E-state index in [1.54, 1.807) is 17.0 Å². The van der Waals surface area contributed by atoms with E-state index >= 15 is 0 Å². The minimum atomic E-state index is -0.718. The van der Waals surface area contributed by atoms with Crippen molar-refractivity contribution >= 4 is 11.6 Å². The summed E-state index contributed by atoms with van der Waals surface area (Å²) in [5, 5.41) is 0. The van der Waals surface area contributed by atoms with E-state index < -0.39 is 5.41 Å². The van der Waals surface area contributed by atoms with Gasteiger partial charge < -0.3 is 15.4 Å². The van der Waals surface area contributed by atoms with E-state index in [9.17, 15) is 9.18 Å². The molecule has 0 radical (unpaired) electrons. The van der Waals surface area contributed by atoms with Crippen molar-refractivity contribution in [1.82, 2.24) is 0 Å². The van der Waals surface area contributed by atoms with Crippen LogP contribution in [0.4, 0.5) is 10.1 Å². The predicted molar refractivity (Wildman–Crippen MR) is 71.3 cm³/mol. The Bertz CT molecular complexity index is 463. The first-order valence-corrected chi connectivity index (χ1v) is 6.40. The number of nitrogens with zero attached hydrogens (tertiary/aromatic N) is 1. The number of benzene rings is 1. The summed E-state index contributed by atoms with van der Waals surface area (Å²) < 4.78 is 18.3. The second kappa shape index (κ2) is 5.27. The topological polar surface area (TPSA) is 55.6 Å². The van der Waals surface area contributed by atoms with E-state index in [1.165, 1.54) is 12.1 Å². The molecule has 1 aromatic rings. The Morgan fingerprint density at radius 2 is 2.16 bits per heavy atom. The van der Waals surface area contributed by atoms with Crippen molar-refractivity contribution in [3.05, 3.63) is 30.1 Å². The molecule has 1 heterocycles. The summed E-state index contributed by atoms with van der Waals surface area (Å²) in [6, 6.07) is 5.58. The van der Waals surface area contributed by atoms with Gasteiger partial charge in [0.25, 0.3) is 0 Å². The summed E-state index contributed by atoms with van der Waals surface area (Å²) in [6.45, 7) is 4.92. The first kappa shape index (κ1) is 14.0. The number of halogens is 1. The van der Waals surface area contributed by atoms with Crippen molar-refractivity contribution in [3.8, 4) is 0 Å². The molecule has 1 amide bonds. The number of hydrogen-bond donors (Lipinski definition) is 1. The third kappa shape index (κ3) is 2.48. The highest BCUT2D eigenvalue weighted by atomic mass is 19.1. The molecule has 4 nitrogen and oxygen atoms in total. The van der Waals surface area contributed by atoms with E-state index in [2.05, 4.69) is 0 Å². The number of nitrogens with two attached hydrogens (primary N) is 1. The highest BCUT2D eigenvalue weighted by Crippen LogP contribution is 2.31. The van der Waals surface area contributed by atoms with Crippen LogP contribution in [0.5, 0.6) is 0 Å². The van der Waals surface area contributed by atoms with Crippen LogP contribution in [0.15, 0.2) is 24.3 Å². The van der Waals surface area contributed by atoms with Crippen LogP contribution in [-0.2, 0) is 9.53 Å². The van der Waals surface area contributed by atoms with Crippen molar-refractivity contribution in [1.29, 1.82) is 0 Å². The fourth-order valence-corrected chi connectivity index (χ4v) is 2.28. The van der Waals surface area contributed by atoms with Crippen molar-refractivity contribution in [2.75, 3.05) is 24.7 Å². The van der Waals surface area contributed by atoms with Crippen LogP contribution in [0.2, 0.25) is 0 Å². The molecule has 0 aromatic heterocycles. The third-order valence-electron chi connectivity index (χ3n) is 3.71. The highest BCUT2D eigenvalue weighted by molar-refractivity contribution is 5.98. The summed E-state index contributed by atoms with van der Waals surface area (Å²) >= 11 is 0. The quantitative estimate of drug-likeness (QED) is 0.903. The van der Waals surface area contributed by atoms with Gasteiger partial charge in [-0.2, -0.15) is 0 Å². The maximum Gasteiger partial charge on any atom is 0.236 e. The lowest BCUT2D eigenvalue weighted by atomic mass is 9.84. The first-order chi connectivity index (χ1) is 8.99. The van der Waals surface area contributed by atoms with Gasteiger partial charge in [0.1, 0.15) is 5.82 Å². The van der Waals surface area contributed by atoms with Crippen LogP contribution in [0.1, 0.15) is 13.8 Å². The summed E-state index contributed by atoms with van der Waals surface area (Å²) in [5.41, 5.74) is 5.93. The lowest BCUT2D eigenvalue weighted by Gasteiger charge is -2.32. The van der Waals surface area contributed by atoms with Gasteiger partial charge in [0.2, 0.25) is 5.91 Å². The van der Waals surface area contributed by atoms with E-state index in [1.807, 2.05) is 13.8 Å². The van der Waals surface area contributed by atoms with Crippen LogP contribution in [-0.4, -0.2) is 31.7 Å². The van der Waals surface area contributed by atoms with Crippen LogP contribution >= 0.6 is 0 Å². The molecule has 1 aliphatic heterocycles. The van der Waals surface area contributed by atoms with Crippen molar-refractivity contribution in [2.45, 2.75) is 19.9 Å². The molecule has 2 rings (SSSR count). The van der Waals surface area contributed by atoms with Crippen LogP contribution in [0, 0.1) is 11.2 Å². The molecule has 2 unspecified atom stereocenters. The molecule has 104 valence electrons. The molecular formula is C14H19FN2O2. The molecule has 0 bridgehead atoms. The smallest absolute Gasteiger partial charge is 0.236 e. The molecule has 19 heavy (non-hydrogen) atoms. The molecule has 1 aromatic carbocycles. The van der Waals surface area contributed by atoms with E-state index in [0.29, 0.717) is 25.4 Å². The number of ether oxygens (including phenoxy) is 1. The molecule has 0 saturated carbocycles. The van der Waals surface area contributed by atoms with E-state index in [0.717, 1.165) is 0 Å². The Morgan fingerprint density at radius 1 is 1.53 bits per heavy atom. The Labute approximate surface area is 112 Å². The highest BCUT2D eigenvalue weighted by Gasteiger charge is 2.46. The Morgan fingerprint density at radius 3 is 2.63 bits per heavy atom. The minimum Gasteiger partial charge on any atom is -0.379 e. The van der Waals surface area contributed by atoms with Gasteiger partial charge in [0.05, 0.1) is 18.6 Å². The standard InChI is InChI=1S/C14H19FN2O2/c1-3-17(11-6-4-10(15)5-7-11)13(18)14(2)9-19-8-12(14)16/h4-7,12H,3,8-9,16H2,1-2H3. The number of carbonyl (C=O) groups excluding carboxylic acids is 1. The molecule has 1 aliphatic rings. The SMILES string of the molecule is CCN(C(=O)C1(C)COCC1N)c1ccc(F)cc1. The van der Waals surface area contributed by atoms with E-state index in [-0.39, 0.29) is 17.8 Å². The predicted octanol–water partition coefficient (Wildman–Crippen LogP) is 1.54. The van der Waals surface area contributed by atoms with Gasteiger partial charge in [0, 0.05) is 18.3 Å². The number of anilines is 1. The number of rotatable bonds is 3. The molecule has 0 spiro atoms.